The molecule has 0 aliphatic carbocycles. The molecule has 0 N–H and O–H groups in total. The van der Waals surface area contributed by atoms with Crippen molar-refractivity contribution in [2.24, 2.45) is 0 Å². The fraction of sp³-hybridized carbons (Fsp3) is 0.429. The number of hydrogen-bond acceptors (Lipinski definition) is 2. The van der Waals surface area contributed by atoms with Crippen LogP contribution in [0.2, 0.25) is 0 Å². The number of halogens is 2. The molecule has 1 aromatic rings. The summed E-state index contributed by atoms with van der Waals surface area (Å²) in [6.07, 6.45) is 0.202. The number of rotatable bonds is 2. The van der Waals surface area contributed by atoms with Crippen molar-refractivity contribution in [2.45, 2.75) is 19.8 Å². The van der Waals surface area contributed by atoms with Crippen LogP contribution in [-0.4, -0.2) is 16.4 Å². The minimum atomic E-state index is -2.33. The van der Waals surface area contributed by atoms with Gasteiger partial charge < -0.3 is 0 Å². The Bertz CT molecular complexity index is 238. The summed E-state index contributed by atoms with van der Waals surface area (Å²) in [5.41, 5.74) is 1.14. The normalized spacial score (nSPS) is 10.5. The van der Waals surface area contributed by atoms with Crippen molar-refractivity contribution in [3.8, 4) is 0 Å². The Hall–Kier alpha value is -1.06. The first-order valence-corrected chi connectivity index (χ1v) is 3.24. The van der Waals surface area contributed by atoms with E-state index in [9.17, 15) is 8.78 Å². The molecule has 1 heterocycles. The lowest BCUT2D eigenvalue weighted by atomic mass is 10.2. The molecule has 0 bridgehead atoms. The summed E-state index contributed by atoms with van der Waals surface area (Å²) < 4.78 is 23.7. The predicted molar refractivity (Wildman–Crippen MR) is 36.5 cm³/mol. The van der Waals surface area contributed by atoms with Gasteiger partial charge in [-0.25, -0.2) is 18.7 Å². The van der Waals surface area contributed by atoms with Gasteiger partial charge in [-0.05, 0) is 12.5 Å². The Kier molecular flexibility index (Phi) is 2.46. The van der Waals surface area contributed by atoms with E-state index >= 15 is 0 Å². The average molecular weight is 158 g/mol. The van der Waals surface area contributed by atoms with E-state index in [4.69, 9.17) is 0 Å². The first-order valence-electron chi connectivity index (χ1n) is 3.24. The second-order valence-electron chi connectivity index (χ2n) is 2.25. The van der Waals surface area contributed by atoms with Gasteiger partial charge in [0, 0.05) is 6.20 Å². The molecule has 1 rings (SSSR count). The number of aromatic nitrogens is 2. The van der Waals surface area contributed by atoms with E-state index in [1.165, 1.54) is 12.5 Å². The molecular weight excluding hydrogens is 150 g/mol. The van der Waals surface area contributed by atoms with Crippen LogP contribution < -0.4 is 0 Å². The smallest absolute Gasteiger partial charge is 0.244 e. The summed E-state index contributed by atoms with van der Waals surface area (Å²) in [5.74, 6) is 0. The first-order chi connectivity index (χ1) is 5.20. The summed E-state index contributed by atoms with van der Waals surface area (Å²) in [6, 6.07) is 0. The number of alkyl halides is 2. The van der Waals surface area contributed by atoms with Crippen LogP contribution in [0.4, 0.5) is 8.78 Å². The summed E-state index contributed by atoms with van der Waals surface area (Å²) in [5, 5.41) is 0. The van der Waals surface area contributed by atoms with Gasteiger partial charge >= 0.3 is 0 Å². The molecule has 0 spiro atoms. The molecule has 0 saturated carbocycles. The van der Waals surface area contributed by atoms with E-state index < -0.39 is 6.43 Å². The quantitative estimate of drug-likeness (QED) is 0.653. The molecule has 0 aromatic carbocycles. The lowest BCUT2D eigenvalue weighted by molar-refractivity contribution is 0.147. The van der Waals surface area contributed by atoms with Gasteiger partial charge in [-0.3, -0.25) is 0 Å². The zero-order chi connectivity index (χ0) is 8.27. The van der Waals surface area contributed by atoms with Crippen molar-refractivity contribution in [3.63, 3.8) is 0 Å². The predicted octanol–water partition coefficient (Wildman–Crippen LogP) is 1.59. The number of nitrogens with zero attached hydrogens (tertiary/aromatic N) is 2. The largest absolute Gasteiger partial charge is 0.245 e. The van der Waals surface area contributed by atoms with Gasteiger partial charge in [-0.15, -0.1) is 0 Å². The van der Waals surface area contributed by atoms with E-state index in [0.717, 1.165) is 0 Å². The van der Waals surface area contributed by atoms with E-state index in [1.807, 2.05) is 0 Å². The van der Waals surface area contributed by atoms with Crippen LogP contribution in [0.25, 0.3) is 0 Å². The van der Waals surface area contributed by atoms with Crippen LogP contribution in [-0.2, 0) is 6.42 Å². The monoisotopic (exact) mass is 158 g/mol. The third-order valence-corrected chi connectivity index (χ3v) is 1.35. The Labute approximate surface area is 63.3 Å². The van der Waals surface area contributed by atoms with Crippen molar-refractivity contribution >= 4 is 0 Å². The maximum Gasteiger partial charge on any atom is 0.244 e. The van der Waals surface area contributed by atoms with Gasteiger partial charge in [0.25, 0.3) is 0 Å². The summed E-state index contributed by atoms with van der Waals surface area (Å²) in [7, 11) is 0. The van der Waals surface area contributed by atoms with Crippen LogP contribution in [0.1, 0.15) is 11.3 Å². The molecule has 1 aromatic heterocycles. The maximum absolute atomic E-state index is 11.8. The number of aryl methyl sites for hydroxylation is 1. The molecule has 0 saturated heterocycles. The van der Waals surface area contributed by atoms with Crippen LogP contribution in [0.5, 0.6) is 0 Å². The summed E-state index contributed by atoms with van der Waals surface area (Å²) in [6.45, 7) is 1.72. The Morgan fingerprint density at radius 2 is 2.27 bits per heavy atom. The van der Waals surface area contributed by atoms with E-state index in [-0.39, 0.29) is 6.42 Å². The zero-order valence-electron chi connectivity index (χ0n) is 6.09. The molecule has 60 valence electrons. The van der Waals surface area contributed by atoms with Crippen LogP contribution in [0.15, 0.2) is 12.5 Å². The zero-order valence-corrected chi connectivity index (χ0v) is 6.09. The Morgan fingerprint density at radius 1 is 1.55 bits per heavy atom. The highest BCUT2D eigenvalue weighted by Gasteiger charge is 2.07. The molecule has 0 amide bonds. The average Bonchev–Trinajstić information content (AvgIpc) is 1.93. The summed E-state index contributed by atoms with van der Waals surface area (Å²) >= 11 is 0. The number of hydrogen-bond donors (Lipinski definition) is 0. The van der Waals surface area contributed by atoms with Crippen molar-refractivity contribution in [2.75, 3.05) is 0 Å². The van der Waals surface area contributed by atoms with Gasteiger partial charge in [0.1, 0.15) is 6.33 Å². The molecule has 0 fully saturated rings. The Balaban J connectivity index is 2.78. The molecular formula is C7H8F2N2. The fourth-order valence-electron chi connectivity index (χ4n) is 0.784. The van der Waals surface area contributed by atoms with Gasteiger partial charge in [0.05, 0.1) is 12.1 Å². The van der Waals surface area contributed by atoms with Crippen molar-refractivity contribution < 1.29 is 8.78 Å². The molecule has 0 aliphatic rings. The summed E-state index contributed by atoms with van der Waals surface area (Å²) in [4.78, 5) is 7.42. The second-order valence-corrected chi connectivity index (χ2v) is 2.25. The minimum absolute atomic E-state index is 0.283. The van der Waals surface area contributed by atoms with E-state index in [1.54, 1.807) is 6.92 Å². The molecule has 4 heteroatoms. The van der Waals surface area contributed by atoms with Crippen LogP contribution in [0, 0.1) is 6.92 Å². The molecule has 0 atom stereocenters. The maximum atomic E-state index is 11.8. The highest BCUT2D eigenvalue weighted by molar-refractivity contribution is 5.13. The second kappa shape index (κ2) is 3.37. The lowest BCUT2D eigenvalue weighted by Gasteiger charge is -2.00. The fourth-order valence-corrected chi connectivity index (χ4v) is 0.784. The topological polar surface area (TPSA) is 25.8 Å². The lowest BCUT2D eigenvalue weighted by Crippen LogP contribution is -2.02. The Morgan fingerprint density at radius 3 is 2.82 bits per heavy atom. The molecule has 0 unspecified atom stereocenters. The third kappa shape index (κ3) is 2.22. The molecule has 11 heavy (non-hydrogen) atoms. The molecule has 0 radical (unpaired) electrons. The first kappa shape index (κ1) is 8.04. The highest BCUT2D eigenvalue weighted by Crippen LogP contribution is 2.07. The highest BCUT2D eigenvalue weighted by atomic mass is 19.3. The van der Waals surface area contributed by atoms with Crippen molar-refractivity contribution in [1.82, 2.24) is 9.97 Å². The van der Waals surface area contributed by atoms with Crippen LogP contribution >= 0.6 is 0 Å². The van der Waals surface area contributed by atoms with Crippen LogP contribution in [0.3, 0.4) is 0 Å². The van der Waals surface area contributed by atoms with E-state index in [2.05, 4.69) is 9.97 Å². The van der Waals surface area contributed by atoms with Gasteiger partial charge in [0.2, 0.25) is 6.43 Å². The molecule has 0 aliphatic heterocycles. The standard InChI is InChI=1S/C7H8F2N2/c1-5-3-10-4-11-6(5)2-7(8)9/h3-4,7H,2H2,1H3. The van der Waals surface area contributed by atoms with Gasteiger partial charge in [-0.1, -0.05) is 0 Å². The van der Waals surface area contributed by atoms with Gasteiger partial charge in [0.15, 0.2) is 0 Å². The van der Waals surface area contributed by atoms with Gasteiger partial charge in [-0.2, -0.15) is 0 Å². The minimum Gasteiger partial charge on any atom is -0.245 e. The van der Waals surface area contributed by atoms with E-state index in [0.29, 0.717) is 11.3 Å². The third-order valence-electron chi connectivity index (χ3n) is 1.35. The SMILES string of the molecule is Cc1cncnc1CC(F)F. The van der Waals surface area contributed by atoms with Crippen molar-refractivity contribution in [1.29, 1.82) is 0 Å². The van der Waals surface area contributed by atoms with Crippen molar-refractivity contribution in [3.05, 3.63) is 23.8 Å². The molecule has 2 nitrogen and oxygen atoms in total.